The number of rotatable bonds is 3. The highest BCUT2D eigenvalue weighted by Gasteiger charge is 2.47. The second kappa shape index (κ2) is 4.44. The SMILES string of the molecule is CC(C)C(C(=O)O)N1CC(=O)NC(=O)C1(C)C. The molecular weight excluding hydrogens is 224 g/mol. The van der Waals surface area contributed by atoms with Crippen LogP contribution < -0.4 is 5.32 Å². The lowest BCUT2D eigenvalue weighted by atomic mass is 9.92. The molecule has 2 N–H and O–H groups in total. The number of carbonyl (C=O) groups excluding carboxylic acids is 2. The molecule has 0 saturated carbocycles. The standard InChI is InChI=1S/C11H18N2O4/c1-6(2)8(9(15)16)13-5-7(14)12-10(17)11(13,3)4/h6,8H,5H2,1-4H3,(H,15,16)(H,12,14,17). The van der Waals surface area contributed by atoms with Crippen molar-refractivity contribution in [2.24, 2.45) is 5.92 Å². The van der Waals surface area contributed by atoms with E-state index < -0.39 is 29.4 Å². The van der Waals surface area contributed by atoms with E-state index in [1.807, 2.05) is 0 Å². The fourth-order valence-electron chi connectivity index (χ4n) is 2.03. The quantitative estimate of drug-likeness (QED) is 0.671. The zero-order chi connectivity index (χ0) is 13.4. The lowest BCUT2D eigenvalue weighted by molar-refractivity contribution is -0.157. The Morgan fingerprint density at radius 1 is 1.41 bits per heavy atom. The van der Waals surface area contributed by atoms with Crippen molar-refractivity contribution in [1.82, 2.24) is 10.2 Å². The third-order valence-electron chi connectivity index (χ3n) is 3.06. The van der Waals surface area contributed by atoms with Crippen LogP contribution in [0.15, 0.2) is 0 Å². The Labute approximate surface area is 100.0 Å². The average molecular weight is 242 g/mol. The fourth-order valence-corrected chi connectivity index (χ4v) is 2.03. The number of piperazine rings is 1. The first-order valence-corrected chi connectivity index (χ1v) is 5.51. The molecule has 0 aromatic carbocycles. The number of carboxylic acid groups (broad SMARTS) is 1. The van der Waals surface area contributed by atoms with Gasteiger partial charge >= 0.3 is 5.97 Å². The molecule has 96 valence electrons. The van der Waals surface area contributed by atoms with E-state index in [2.05, 4.69) is 5.32 Å². The molecule has 0 bridgehead atoms. The van der Waals surface area contributed by atoms with Crippen molar-refractivity contribution in [3.8, 4) is 0 Å². The molecule has 1 heterocycles. The van der Waals surface area contributed by atoms with Crippen LogP contribution in [0, 0.1) is 5.92 Å². The van der Waals surface area contributed by atoms with Gasteiger partial charge in [-0.1, -0.05) is 13.8 Å². The Bertz CT molecular complexity index is 362. The number of amides is 2. The van der Waals surface area contributed by atoms with Crippen LogP contribution in [0.5, 0.6) is 0 Å². The summed E-state index contributed by atoms with van der Waals surface area (Å²) < 4.78 is 0. The highest BCUT2D eigenvalue weighted by Crippen LogP contribution is 2.24. The molecule has 1 unspecified atom stereocenters. The van der Waals surface area contributed by atoms with Crippen LogP contribution in [0.1, 0.15) is 27.7 Å². The molecule has 6 nitrogen and oxygen atoms in total. The van der Waals surface area contributed by atoms with Crippen LogP contribution in [0.3, 0.4) is 0 Å². The van der Waals surface area contributed by atoms with Gasteiger partial charge in [0.15, 0.2) is 0 Å². The van der Waals surface area contributed by atoms with Crippen molar-refractivity contribution in [3.05, 3.63) is 0 Å². The molecule has 0 aromatic heterocycles. The van der Waals surface area contributed by atoms with Crippen LogP contribution >= 0.6 is 0 Å². The second-order valence-corrected chi connectivity index (χ2v) is 5.09. The Hall–Kier alpha value is -1.43. The summed E-state index contributed by atoms with van der Waals surface area (Å²) in [4.78, 5) is 35.8. The van der Waals surface area contributed by atoms with Gasteiger partial charge < -0.3 is 5.11 Å². The molecule has 1 saturated heterocycles. The molecule has 1 fully saturated rings. The van der Waals surface area contributed by atoms with Gasteiger partial charge in [0, 0.05) is 0 Å². The van der Waals surface area contributed by atoms with Crippen LogP contribution in [-0.4, -0.2) is 45.9 Å². The maximum absolute atomic E-state index is 11.7. The lowest BCUT2D eigenvalue weighted by Gasteiger charge is -2.44. The van der Waals surface area contributed by atoms with Crippen molar-refractivity contribution in [2.45, 2.75) is 39.3 Å². The lowest BCUT2D eigenvalue weighted by Crippen LogP contribution is -2.68. The van der Waals surface area contributed by atoms with E-state index in [1.165, 1.54) is 4.90 Å². The normalized spacial score (nSPS) is 22.4. The van der Waals surface area contributed by atoms with Gasteiger partial charge in [-0.2, -0.15) is 0 Å². The van der Waals surface area contributed by atoms with Crippen molar-refractivity contribution < 1.29 is 19.5 Å². The maximum Gasteiger partial charge on any atom is 0.321 e. The van der Waals surface area contributed by atoms with Gasteiger partial charge in [-0.05, 0) is 19.8 Å². The summed E-state index contributed by atoms with van der Waals surface area (Å²) in [5.41, 5.74) is -0.999. The third kappa shape index (κ3) is 2.46. The zero-order valence-electron chi connectivity index (χ0n) is 10.5. The Morgan fingerprint density at radius 3 is 2.35 bits per heavy atom. The first kappa shape index (κ1) is 13.6. The van der Waals surface area contributed by atoms with E-state index in [-0.39, 0.29) is 12.5 Å². The topological polar surface area (TPSA) is 86.7 Å². The number of hydrogen-bond acceptors (Lipinski definition) is 4. The number of carbonyl (C=O) groups is 3. The maximum atomic E-state index is 11.7. The Balaban J connectivity index is 3.11. The predicted molar refractivity (Wildman–Crippen MR) is 60.2 cm³/mol. The van der Waals surface area contributed by atoms with Crippen molar-refractivity contribution in [1.29, 1.82) is 0 Å². The number of hydrogen-bond donors (Lipinski definition) is 2. The van der Waals surface area contributed by atoms with E-state index in [4.69, 9.17) is 0 Å². The molecule has 1 atom stereocenters. The van der Waals surface area contributed by atoms with Gasteiger partial charge in [0.25, 0.3) is 0 Å². The van der Waals surface area contributed by atoms with Gasteiger partial charge in [0.2, 0.25) is 11.8 Å². The van der Waals surface area contributed by atoms with Crippen molar-refractivity contribution in [2.75, 3.05) is 6.54 Å². The smallest absolute Gasteiger partial charge is 0.321 e. The van der Waals surface area contributed by atoms with Gasteiger partial charge in [-0.3, -0.25) is 24.6 Å². The summed E-state index contributed by atoms with van der Waals surface area (Å²) in [5.74, 6) is -2.12. The summed E-state index contributed by atoms with van der Waals surface area (Å²) in [6.45, 7) is 6.67. The number of nitrogens with one attached hydrogen (secondary N) is 1. The summed E-state index contributed by atoms with van der Waals surface area (Å²) in [7, 11) is 0. The zero-order valence-corrected chi connectivity index (χ0v) is 10.5. The van der Waals surface area contributed by atoms with E-state index >= 15 is 0 Å². The van der Waals surface area contributed by atoms with E-state index in [0.717, 1.165) is 0 Å². The molecule has 17 heavy (non-hydrogen) atoms. The number of carboxylic acids is 1. The van der Waals surface area contributed by atoms with Crippen LogP contribution in [0.4, 0.5) is 0 Å². The summed E-state index contributed by atoms with van der Waals surface area (Å²) in [6, 6.07) is -0.847. The minimum Gasteiger partial charge on any atom is -0.480 e. The molecule has 1 aliphatic heterocycles. The molecule has 0 aromatic rings. The van der Waals surface area contributed by atoms with Crippen LogP contribution in [0.25, 0.3) is 0 Å². The van der Waals surface area contributed by atoms with Gasteiger partial charge in [-0.25, -0.2) is 0 Å². The molecule has 2 amide bonds. The molecule has 1 rings (SSSR count). The van der Waals surface area contributed by atoms with E-state index in [0.29, 0.717) is 0 Å². The van der Waals surface area contributed by atoms with Gasteiger partial charge in [-0.15, -0.1) is 0 Å². The first-order chi connectivity index (χ1) is 7.67. The van der Waals surface area contributed by atoms with Gasteiger partial charge in [0.05, 0.1) is 12.1 Å². The van der Waals surface area contributed by atoms with E-state index in [9.17, 15) is 19.5 Å². The molecule has 0 aliphatic carbocycles. The van der Waals surface area contributed by atoms with Gasteiger partial charge in [0.1, 0.15) is 6.04 Å². The third-order valence-corrected chi connectivity index (χ3v) is 3.06. The second-order valence-electron chi connectivity index (χ2n) is 5.09. The molecular formula is C11H18N2O4. The molecule has 0 spiro atoms. The monoisotopic (exact) mass is 242 g/mol. The number of nitrogens with zero attached hydrogens (tertiary/aromatic N) is 1. The summed E-state index contributed by atoms with van der Waals surface area (Å²) >= 11 is 0. The Kier molecular flexibility index (Phi) is 3.56. The fraction of sp³-hybridized carbons (Fsp3) is 0.727. The van der Waals surface area contributed by atoms with Crippen molar-refractivity contribution >= 4 is 17.8 Å². The molecule has 0 radical (unpaired) electrons. The molecule has 1 aliphatic rings. The predicted octanol–water partition coefficient (Wildman–Crippen LogP) is -0.167. The first-order valence-electron chi connectivity index (χ1n) is 5.51. The highest BCUT2D eigenvalue weighted by molar-refractivity contribution is 6.03. The molecule has 6 heteroatoms. The summed E-state index contributed by atoms with van der Waals surface area (Å²) in [5, 5.41) is 11.4. The van der Waals surface area contributed by atoms with E-state index in [1.54, 1.807) is 27.7 Å². The largest absolute Gasteiger partial charge is 0.480 e. The van der Waals surface area contributed by atoms with Crippen molar-refractivity contribution in [3.63, 3.8) is 0 Å². The number of aliphatic carboxylic acids is 1. The Morgan fingerprint density at radius 2 is 1.94 bits per heavy atom. The minimum atomic E-state index is -1.02. The average Bonchev–Trinajstić information content (AvgIpc) is 2.12. The minimum absolute atomic E-state index is 0.0755. The van der Waals surface area contributed by atoms with Crippen LogP contribution in [-0.2, 0) is 14.4 Å². The number of imide groups is 1. The summed E-state index contributed by atoms with van der Waals surface area (Å²) in [6.07, 6.45) is 0. The highest BCUT2D eigenvalue weighted by atomic mass is 16.4. The van der Waals surface area contributed by atoms with Crippen LogP contribution in [0.2, 0.25) is 0 Å².